The average Bonchev–Trinajstić information content (AvgIpc) is 3.09. The molecule has 0 bridgehead atoms. The normalized spacial score (nSPS) is 19.3. The van der Waals surface area contributed by atoms with Crippen molar-refractivity contribution in [2.75, 3.05) is 13.1 Å². The van der Waals surface area contributed by atoms with Gasteiger partial charge in [0.25, 0.3) is 0 Å². The van der Waals surface area contributed by atoms with Gasteiger partial charge in [-0.25, -0.2) is 9.80 Å². The van der Waals surface area contributed by atoms with Gasteiger partial charge in [-0.05, 0) is 16.7 Å². The largest absolute Gasteiger partial charge is 0.341 e. The Morgan fingerprint density at radius 2 is 1.67 bits per heavy atom. The van der Waals surface area contributed by atoms with E-state index in [4.69, 9.17) is 0 Å². The molecule has 0 aromatic heterocycles. The molecule has 2 aromatic carbocycles. The number of benzene rings is 2. The van der Waals surface area contributed by atoms with Crippen LogP contribution in [0.3, 0.4) is 0 Å². The van der Waals surface area contributed by atoms with Crippen LogP contribution in [-0.4, -0.2) is 35.2 Å². The summed E-state index contributed by atoms with van der Waals surface area (Å²) in [7, 11) is 0. The van der Waals surface area contributed by atoms with E-state index in [9.17, 15) is 4.79 Å². The monoisotopic (exact) mass is 317 g/mol. The molecule has 120 valence electrons. The number of rotatable bonds is 2. The van der Waals surface area contributed by atoms with Crippen molar-refractivity contribution in [3.05, 3.63) is 77.4 Å². The number of hydrogen-bond acceptors (Lipinski definition) is 2. The van der Waals surface area contributed by atoms with Crippen LogP contribution in [0.5, 0.6) is 0 Å². The van der Waals surface area contributed by atoms with E-state index in [2.05, 4.69) is 35.4 Å². The first-order chi connectivity index (χ1) is 11.8. The van der Waals surface area contributed by atoms with Crippen LogP contribution in [0.15, 0.2) is 71.3 Å². The molecule has 2 aliphatic heterocycles. The van der Waals surface area contributed by atoms with Crippen LogP contribution in [-0.2, 0) is 0 Å². The van der Waals surface area contributed by atoms with E-state index in [1.165, 1.54) is 11.1 Å². The number of nitrogens with zero attached hydrogens (tertiary/aromatic N) is 3. The van der Waals surface area contributed by atoms with Crippen LogP contribution in [0, 0.1) is 0 Å². The molecule has 1 unspecified atom stereocenters. The minimum atomic E-state index is -0.0113. The highest BCUT2D eigenvalue weighted by atomic mass is 16.2. The third-order valence-electron chi connectivity index (χ3n) is 4.44. The molecule has 2 aromatic rings. The van der Waals surface area contributed by atoms with E-state index >= 15 is 0 Å². The van der Waals surface area contributed by atoms with Crippen molar-refractivity contribution < 1.29 is 4.79 Å². The second-order valence-corrected chi connectivity index (χ2v) is 6.16. The van der Waals surface area contributed by atoms with Gasteiger partial charge in [0.15, 0.2) is 0 Å². The SMILES string of the molecule is O=C(N1CC(=Cc2ccccc2)C1)N1N=CCC1c1ccccc1. The topological polar surface area (TPSA) is 35.9 Å². The Kier molecular flexibility index (Phi) is 3.87. The average molecular weight is 317 g/mol. The Bertz CT molecular complexity index is 775. The highest BCUT2D eigenvalue weighted by Gasteiger charge is 2.35. The van der Waals surface area contributed by atoms with Crippen LogP contribution in [0.1, 0.15) is 23.6 Å². The second-order valence-electron chi connectivity index (χ2n) is 6.16. The fourth-order valence-electron chi connectivity index (χ4n) is 3.15. The molecule has 4 rings (SSSR count). The van der Waals surface area contributed by atoms with Crippen molar-refractivity contribution in [2.24, 2.45) is 5.10 Å². The van der Waals surface area contributed by atoms with Gasteiger partial charge in [0.05, 0.1) is 6.04 Å². The number of carbonyl (C=O) groups excluding carboxylic acids is 1. The van der Waals surface area contributed by atoms with Crippen LogP contribution in [0.4, 0.5) is 4.79 Å². The van der Waals surface area contributed by atoms with Crippen molar-refractivity contribution in [3.8, 4) is 0 Å². The maximum atomic E-state index is 12.7. The zero-order valence-corrected chi connectivity index (χ0v) is 13.4. The number of likely N-dealkylation sites (tertiary alicyclic amines) is 1. The Labute approximate surface area is 141 Å². The summed E-state index contributed by atoms with van der Waals surface area (Å²) in [6, 6.07) is 20.3. The summed E-state index contributed by atoms with van der Waals surface area (Å²) >= 11 is 0. The lowest BCUT2D eigenvalue weighted by atomic mass is 10.0. The molecule has 2 amide bonds. The van der Waals surface area contributed by atoms with Gasteiger partial charge in [-0.1, -0.05) is 66.7 Å². The van der Waals surface area contributed by atoms with Gasteiger partial charge in [-0.15, -0.1) is 0 Å². The summed E-state index contributed by atoms with van der Waals surface area (Å²) in [5.74, 6) is 0. The predicted molar refractivity (Wildman–Crippen MR) is 95.5 cm³/mol. The summed E-state index contributed by atoms with van der Waals surface area (Å²) in [6.07, 6.45) is 4.76. The molecule has 4 heteroatoms. The lowest BCUT2D eigenvalue weighted by Gasteiger charge is -2.37. The molecule has 0 N–H and O–H groups in total. The van der Waals surface area contributed by atoms with Gasteiger partial charge in [-0.2, -0.15) is 5.10 Å². The standard InChI is InChI=1S/C20H19N3O/c24-20(22-14-17(15-22)13-16-7-3-1-4-8-16)23-19(11-12-21-23)18-9-5-2-6-10-18/h1-10,12-13,19H,11,14-15H2. The number of hydrogen-bond donors (Lipinski definition) is 0. The summed E-state index contributed by atoms with van der Waals surface area (Å²) in [5, 5.41) is 5.92. The number of carbonyl (C=O) groups is 1. The van der Waals surface area contributed by atoms with Crippen LogP contribution >= 0.6 is 0 Å². The highest BCUT2D eigenvalue weighted by Crippen LogP contribution is 2.30. The number of hydrazone groups is 1. The molecular formula is C20H19N3O. The van der Waals surface area contributed by atoms with Gasteiger partial charge in [0, 0.05) is 25.7 Å². The smallest absolute Gasteiger partial charge is 0.315 e. The lowest BCUT2D eigenvalue weighted by molar-refractivity contribution is 0.136. The molecule has 1 fully saturated rings. The molecule has 1 saturated heterocycles. The summed E-state index contributed by atoms with van der Waals surface area (Å²) < 4.78 is 0. The number of urea groups is 1. The van der Waals surface area contributed by atoms with Crippen molar-refractivity contribution >= 4 is 18.3 Å². The molecule has 1 atom stereocenters. The first-order valence-corrected chi connectivity index (χ1v) is 8.21. The third kappa shape index (κ3) is 2.83. The van der Waals surface area contributed by atoms with E-state index in [0.717, 1.165) is 12.0 Å². The minimum Gasteiger partial charge on any atom is -0.315 e. The number of amides is 2. The van der Waals surface area contributed by atoms with E-state index in [0.29, 0.717) is 13.1 Å². The highest BCUT2D eigenvalue weighted by molar-refractivity contribution is 5.80. The van der Waals surface area contributed by atoms with Crippen molar-refractivity contribution in [1.29, 1.82) is 0 Å². The van der Waals surface area contributed by atoms with Crippen molar-refractivity contribution in [2.45, 2.75) is 12.5 Å². The molecule has 4 nitrogen and oxygen atoms in total. The third-order valence-corrected chi connectivity index (χ3v) is 4.44. The molecule has 0 radical (unpaired) electrons. The molecule has 0 saturated carbocycles. The Morgan fingerprint density at radius 1 is 1.00 bits per heavy atom. The Morgan fingerprint density at radius 3 is 2.38 bits per heavy atom. The fraction of sp³-hybridized carbons (Fsp3) is 0.200. The molecule has 2 aliphatic rings. The first-order valence-electron chi connectivity index (χ1n) is 8.21. The first kappa shape index (κ1) is 14.7. The van der Waals surface area contributed by atoms with E-state index in [1.807, 2.05) is 47.5 Å². The molecular weight excluding hydrogens is 298 g/mol. The maximum absolute atomic E-state index is 12.7. The molecule has 0 aliphatic carbocycles. The van der Waals surface area contributed by atoms with E-state index < -0.39 is 0 Å². The van der Waals surface area contributed by atoms with Gasteiger partial charge in [0.1, 0.15) is 0 Å². The van der Waals surface area contributed by atoms with Gasteiger partial charge in [0.2, 0.25) is 0 Å². The predicted octanol–water partition coefficient (Wildman–Crippen LogP) is 3.94. The van der Waals surface area contributed by atoms with Gasteiger partial charge in [-0.3, -0.25) is 0 Å². The quantitative estimate of drug-likeness (QED) is 0.826. The van der Waals surface area contributed by atoms with Crippen molar-refractivity contribution in [1.82, 2.24) is 9.91 Å². The minimum absolute atomic E-state index is 0.0113. The maximum Gasteiger partial charge on any atom is 0.341 e. The van der Waals surface area contributed by atoms with E-state index in [1.54, 1.807) is 5.01 Å². The van der Waals surface area contributed by atoms with Gasteiger partial charge < -0.3 is 4.90 Å². The molecule has 24 heavy (non-hydrogen) atoms. The zero-order chi connectivity index (χ0) is 16.4. The lowest BCUT2D eigenvalue weighted by Crippen LogP contribution is -2.49. The summed E-state index contributed by atoms with van der Waals surface area (Å²) in [5.41, 5.74) is 3.58. The second kappa shape index (κ2) is 6.32. The van der Waals surface area contributed by atoms with Crippen LogP contribution < -0.4 is 0 Å². The van der Waals surface area contributed by atoms with Crippen LogP contribution in [0.2, 0.25) is 0 Å². The van der Waals surface area contributed by atoms with E-state index in [-0.39, 0.29) is 12.1 Å². The van der Waals surface area contributed by atoms with Crippen LogP contribution in [0.25, 0.3) is 6.08 Å². The zero-order valence-electron chi connectivity index (χ0n) is 13.4. The molecule has 2 heterocycles. The fourth-order valence-corrected chi connectivity index (χ4v) is 3.15. The summed E-state index contributed by atoms with van der Waals surface area (Å²) in [4.78, 5) is 14.6. The van der Waals surface area contributed by atoms with Gasteiger partial charge >= 0.3 is 6.03 Å². The molecule has 0 spiro atoms. The summed E-state index contributed by atoms with van der Waals surface area (Å²) in [6.45, 7) is 1.36. The Balaban J connectivity index is 1.42. The Hall–Kier alpha value is -2.88. The van der Waals surface area contributed by atoms with Crippen molar-refractivity contribution in [3.63, 3.8) is 0 Å².